The number of benzene rings is 2. The molecule has 2 aliphatic rings. The van der Waals surface area contributed by atoms with Crippen LogP contribution in [0.15, 0.2) is 53.7 Å². The molecule has 14 heteroatoms. The molecule has 1 amide bonds. The van der Waals surface area contributed by atoms with Gasteiger partial charge in [-0.05, 0) is 48.4 Å². The summed E-state index contributed by atoms with van der Waals surface area (Å²) in [6.07, 6.45) is 3.57. The van der Waals surface area contributed by atoms with Gasteiger partial charge in [0.15, 0.2) is 5.82 Å². The average Bonchev–Trinajstić information content (AvgIpc) is 3.34. The summed E-state index contributed by atoms with van der Waals surface area (Å²) in [5.74, 6) is -0.941. The van der Waals surface area contributed by atoms with Gasteiger partial charge in [-0.2, -0.15) is 0 Å². The highest BCUT2D eigenvalue weighted by molar-refractivity contribution is 7.92. The maximum atomic E-state index is 13.4. The molecular weight excluding hydrogens is 567 g/mol. The van der Waals surface area contributed by atoms with E-state index in [2.05, 4.69) is 15.3 Å². The van der Waals surface area contributed by atoms with Crippen molar-refractivity contribution < 1.29 is 23.1 Å². The molecule has 39 heavy (non-hydrogen) atoms. The van der Waals surface area contributed by atoms with Crippen LogP contribution in [0.4, 0.5) is 17.2 Å². The van der Waals surface area contributed by atoms with Crippen molar-refractivity contribution in [3.63, 3.8) is 0 Å². The van der Waals surface area contributed by atoms with Crippen LogP contribution in [-0.4, -0.2) is 79.5 Å². The molecule has 2 aromatic carbocycles. The molecule has 1 aromatic heterocycles. The molecule has 0 bridgehead atoms. The highest BCUT2D eigenvalue weighted by Crippen LogP contribution is 2.37. The highest BCUT2D eigenvalue weighted by atomic mass is 35.5. The van der Waals surface area contributed by atoms with Crippen LogP contribution in [0.2, 0.25) is 10.0 Å². The molecule has 2 aliphatic heterocycles. The van der Waals surface area contributed by atoms with Gasteiger partial charge in [-0.3, -0.25) is 13.9 Å². The van der Waals surface area contributed by atoms with Gasteiger partial charge in [-0.25, -0.2) is 18.4 Å². The summed E-state index contributed by atoms with van der Waals surface area (Å²) in [7, 11) is -4.29. The minimum atomic E-state index is -4.29. The average molecular weight is 591 g/mol. The van der Waals surface area contributed by atoms with Crippen molar-refractivity contribution >= 4 is 62.3 Å². The number of piperazine rings is 1. The number of amides is 1. The second kappa shape index (κ2) is 11.0. The number of carboxylic acids is 1. The van der Waals surface area contributed by atoms with Crippen molar-refractivity contribution in [1.29, 1.82) is 0 Å². The summed E-state index contributed by atoms with van der Waals surface area (Å²) in [6.45, 7) is 2.47. The van der Waals surface area contributed by atoms with Crippen LogP contribution in [0.25, 0.3) is 0 Å². The summed E-state index contributed by atoms with van der Waals surface area (Å²) in [5.41, 5.74) is 2.06. The Morgan fingerprint density at radius 2 is 1.72 bits per heavy atom. The third-order valence-electron chi connectivity index (χ3n) is 6.49. The lowest BCUT2D eigenvalue weighted by molar-refractivity contribution is -0.135. The Bertz CT molecular complexity index is 1510. The van der Waals surface area contributed by atoms with E-state index in [-0.39, 0.29) is 32.2 Å². The number of carbonyl (C=O) groups is 2. The number of halogens is 2. The number of anilines is 3. The normalized spacial score (nSPS) is 15.2. The summed E-state index contributed by atoms with van der Waals surface area (Å²) in [5, 5.41) is 12.9. The number of nitrogens with one attached hydrogen (secondary N) is 1. The number of nitrogens with zero attached hydrogens (tertiary/aromatic N) is 5. The van der Waals surface area contributed by atoms with Gasteiger partial charge in [0.1, 0.15) is 12.2 Å². The van der Waals surface area contributed by atoms with Crippen molar-refractivity contribution in [2.75, 3.05) is 48.5 Å². The van der Waals surface area contributed by atoms with Crippen LogP contribution in [0.5, 0.6) is 0 Å². The number of carbonyl (C=O) groups excluding carboxylic acids is 1. The molecule has 0 spiro atoms. The Labute approximate surface area is 235 Å². The number of rotatable bonds is 7. The Morgan fingerprint density at radius 3 is 2.36 bits per heavy atom. The number of hydrogen-bond donors (Lipinski definition) is 2. The third-order valence-corrected chi connectivity index (χ3v) is 8.68. The van der Waals surface area contributed by atoms with Crippen LogP contribution < -0.4 is 14.5 Å². The monoisotopic (exact) mass is 590 g/mol. The summed E-state index contributed by atoms with van der Waals surface area (Å²) in [4.78, 5) is 36.6. The van der Waals surface area contributed by atoms with E-state index in [1.54, 1.807) is 29.3 Å². The second-order valence-electron chi connectivity index (χ2n) is 9.03. The summed E-state index contributed by atoms with van der Waals surface area (Å²) in [6, 6.07) is 8.75. The molecular formula is C25H24Cl2N6O5S. The smallest absolute Gasteiger partial charge is 0.324 e. The van der Waals surface area contributed by atoms with Crippen molar-refractivity contribution in [2.24, 2.45) is 0 Å². The maximum absolute atomic E-state index is 13.4. The standard InChI is InChI=1S/C25H24Cl2N6O5S/c26-17-10-18(27)12-20(11-17)39(37,38)33(15-24(34)35)19-1-2-22-16(9-19)3-6-32(22)23-14-29-21(13-30-23)25(36)31-7-4-28-5-8-31/h1-2,9-14,28H,3-8,15H2,(H,34,35). The molecule has 3 aromatic rings. The van der Waals surface area contributed by atoms with Crippen LogP contribution in [0, 0.1) is 0 Å². The molecule has 0 atom stereocenters. The quantitative estimate of drug-likeness (QED) is 0.425. The molecule has 0 aliphatic carbocycles. The minimum Gasteiger partial charge on any atom is -0.480 e. The number of hydrogen-bond acceptors (Lipinski definition) is 8. The fourth-order valence-electron chi connectivity index (χ4n) is 4.62. The zero-order valence-corrected chi connectivity index (χ0v) is 22.9. The zero-order valence-electron chi connectivity index (χ0n) is 20.5. The fourth-order valence-corrected chi connectivity index (χ4v) is 6.76. The highest BCUT2D eigenvalue weighted by Gasteiger charge is 2.30. The first-order valence-corrected chi connectivity index (χ1v) is 14.3. The number of aromatic nitrogens is 2. The first kappa shape index (κ1) is 27.1. The molecule has 0 radical (unpaired) electrons. The summed E-state index contributed by atoms with van der Waals surface area (Å²) < 4.78 is 27.7. The van der Waals surface area contributed by atoms with E-state index in [0.717, 1.165) is 28.6 Å². The Kier molecular flexibility index (Phi) is 7.63. The second-order valence-corrected chi connectivity index (χ2v) is 11.8. The van der Waals surface area contributed by atoms with Gasteiger partial charge >= 0.3 is 5.97 Å². The molecule has 1 saturated heterocycles. The van der Waals surface area contributed by atoms with E-state index in [9.17, 15) is 23.1 Å². The molecule has 0 unspecified atom stereocenters. The van der Waals surface area contributed by atoms with Crippen LogP contribution in [0.3, 0.4) is 0 Å². The SMILES string of the molecule is O=C(O)CN(c1ccc2c(c1)CCN2c1cnc(C(=O)N2CCNCC2)cn1)S(=O)(=O)c1cc(Cl)cc(Cl)c1. The van der Waals surface area contributed by atoms with Crippen molar-refractivity contribution in [2.45, 2.75) is 11.3 Å². The number of carboxylic acid groups (broad SMARTS) is 1. The lowest BCUT2D eigenvalue weighted by Gasteiger charge is -2.27. The van der Waals surface area contributed by atoms with Gasteiger partial charge in [-0.15, -0.1) is 0 Å². The lowest BCUT2D eigenvalue weighted by Crippen LogP contribution is -2.46. The molecule has 2 N–H and O–H groups in total. The predicted octanol–water partition coefficient (Wildman–Crippen LogP) is 2.80. The topological polar surface area (TPSA) is 136 Å². The molecule has 11 nitrogen and oxygen atoms in total. The third kappa shape index (κ3) is 5.64. The summed E-state index contributed by atoms with van der Waals surface area (Å²) >= 11 is 12.0. The van der Waals surface area contributed by atoms with E-state index in [1.165, 1.54) is 24.4 Å². The first-order chi connectivity index (χ1) is 18.6. The number of fused-ring (bicyclic) bond motifs is 1. The van der Waals surface area contributed by atoms with E-state index >= 15 is 0 Å². The molecule has 3 heterocycles. The van der Waals surface area contributed by atoms with Crippen molar-refractivity contribution in [3.8, 4) is 0 Å². The minimum absolute atomic E-state index is 0.114. The van der Waals surface area contributed by atoms with E-state index in [4.69, 9.17) is 23.2 Å². The molecule has 204 valence electrons. The van der Waals surface area contributed by atoms with Gasteiger partial charge in [-0.1, -0.05) is 23.2 Å². The predicted molar refractivity (Wildman–Crippen MR) is 147 cm³/mol. The molecule has 5 rings (SSSR count). The Morgan fingerprint density at radius 1 is 1.00 bits per heavy atom. The van der Waals surface area contributed by atoms with Gasteiger partial charge in [0, 0.05) is 48.5 Å². The van der Waals surface area contributed by atoms with Crippen molar-refractivity contribution in [3.05, 3.63) is 70.1 Å². The van der Waals surface area contributed by atoms with Gasteiger partial charge in [0.25, 0.3) is 15.9 Å². The lowest BCUT2D eigenvalue weighted by atomic mass is 10.1. The number of sulfonamides is 1. The first-order valence-electron chi connectivity index (χ1n) is 12.1. The van der Waals surface area contributed by atoms with Crippen LogP contribution in [-0.2, 0) is 21.2 Å². The van der Waals surface area contributed by atoms with Crippen LogP contribution >= 0.6 is 23.2 Å². The number of aliphatic carboxylic acids is 1. The Hall–Kier alpha value is -3.45. The van der Waals surface area contributed by atoms with E-state index in [1.807, 2.05) is 4.90 Å². The zero-order chi connectivity index (χ0) is 27.7. The Balaban J connectivity index is 1.41. The molecule has 1 fully saturated rings. The van der Waals surface area contributed by atoms with E-state index in [0.29, 0.717) is 31.9 Å². The van der Waals surface area contributed by atoms with E-state index < -0.39 is 22.5 Å². The fraction of sp³-hybridized carbons (Fsp3) is 0.280. The van der Waals surface area contributed by atoms with Crippen LogP contribution in [0.1, 0.15) is 16.1 Å². The maximum Gasteiger partial charge on any atom is 0.324 e. The van der Waals surface area contributed by atoms with Crippen molar-refractivity contribution in [1.82, 2.24) is 20.2 Å². The largest absolute Gasteiger partial charge is 0.480 e. The van der Waals surface area contributed by atoms with Gasteiger partial charge in [0.05, 0.1) is 23.0 Å². The van der Waals surface area contributed by atoms with Gasteiger partial charge < -0.3 is 20.2 Å². The van der Waals surface area contributed by atoms with Gasteiger partial charge in [0.2, 0.25) is 0 Å². The molecule has 0 saturated carbocycles.